The maximum absolute atomic E-state index is 9.52. The number of nitrogens with one attached hydrogen (secondary N) is 1. The second-order valence-electron chi connectivity index (χ2n) is 6.56. The zero-order valence-corrected chi connectivity index (χ0v) is 14.7. The summed E-state index contributed by atoms with van der Waals surface area (Å²) in [6, 6.07) is 16.0. The first-order valence-electron chi connectivity index (χ1n) is 8.63. The Kier molecular flexibility index (Phi) is 5.57. The minimum Gasteiger partial charge on any atom is -0.396 e. The zero-order chi connectivity index (χ0) is 15.6. The van der Waals surface area contributed by atoms with E-state index in [1.54, 1.807) is 0 Å². The van der Waals surface area contributed by atoms with E-state index in [4.69, 9.17) is 0 Å². The summed E-state index contributed by atoms with van der Waals surface area (Å²) in [5.41, 5.74) is 6.98. The highest BCUT2D eigenvalue weighted by Gasteiger charge is 2.24. The molecule has 4 rings (SSSR count). The fourth-order valence-electron chi connectivity index (χ4n) is 4.05. The summed E-state index contributed by atoms with van der Waals surface area (Å²) in [4.78, 5) is 2.51. The lowest BCUT2D eigenvalue weighted by Gasteiger charge is -2.35. The van der Waals surface area contributed by atoms with Crippen molar-refractivity contribution in [3.8, 4) is 11.1 Å². The molecule has 1 saturated heterocycles. The van der Waals surface area contributed by atoms with Crippen molar-refractivity contribution in [1.29, 1.82) is 0 Å². The molecule has 0 unspecified atom stereocenters. The summed E-state index contributed by atoms with van der Waals surface area (Å²) < 4.78 is 0. The van der Waals surface area contributed by atoms with Crippen molar-refractivity contribution in [2.24, 2.45) is 0 Å². The average Bonchev–Trinajstić information content (AvgIpc) is 2.98. The molecule has 2 aliphatic rings. The maximum Gasteiger partial charge on any atom is 0.0449 e. The Hall–Kier alpha value is -1.39. The zero-order valence-electron chi connectivity index (χ0n) is 13.9. The van der Waals surface area contributed by atoms with Crippen molar-refractivity contribution in [2.75, 3.05) is 32.8 Å². The molecular formula is C20H25ClN2O. The van der Waals surface area contributed by atoms with Gasteiger partial charge in [-0.2, -0.15) is 0 Å². The van der Waals surface area contributed by atoms with E-state index in [-0.39, 0.29) is 19.0 Å². The number of aliphatic hydroxyl groups excluding tert-OH is 1. The number of nitrogens with zero attached hydrogens (tertiary/aromatic N) is 1. The molecule has 1 heterocycles. The molecule has 0 spiro atoms. The molecule has 0 bridgehead atoms. The van der Waals surface area contributed by atoms with Gasteiger partial charge in [-0.15, -0.1) is 12.4 Å². The Morgan fingerprint density at radius 3 is 2.54 bits per heavy atom. The average molecular weight is 345 g/mol. The molecular weight excluding hydrogens is 320 g/mol. The number of piperazine rings is 1. The summed E-state index contributed by atoms with van der Waals surface area (Å²) >= 11 is 0. The van der Waals surface area contributed by atoms with Gasteiger partial charge in [0.05, 0.1) is 0 Å². The van der Waals surface area contributed by atoms with Crippen LogP contribution in [0.1, 0.15) is 29.2 Å². The van der Waals surface area contributed by atoms with Crippen molar-refractivity contribution in [3.63, 3.8) is 0 Å². The molecule has 1 atom stereocenters. The topological polar surface area (TPSA) is 35.5 Å². The second kappa shape index (κ2) is 7.66. The van der Waals surface area contributed by atoms with Crippen LogP contribution in [0.5, 0.6) is 0 Å². The highest BCUT2D eigenvalue weighted by molar-refractivity contribution is 5.85. The van der Waals surface area contributed by atoms with Crippen molar-refractivity contribution >= 4 is 12.4 Å². The Balaban J connectivity index is 0.00000169. The third-order valence-electron chi connectivity index (χ3n) is 5.20. The Labute approximate surface area is 150 Å². The maximum atomic E-state index is 9.52. The van der Waals surface area contributed by atoms with Gasteiger partial charge in [-0.3, -0.25) is 4.90 Å². The molecule has 1 aliphatic carbocycles. The van der Waals surface area contributed by atoms with Crippen molar-refractivity contribution in [2.45, 2.75) is 18.9 Å². The van der Waals surface area contributed by atoms with Crippen LogP contribution in [-0.2, 0) is 6.42 Å². The van der Waals surface area contributed by atoms with Crippen LogP contribution in [0.25, 0.3) is 11.1 Å². The normalized spacial score (nSPS) is 17.7. The fourth-order valence-corrected chi connectivity index (χ4v) is 4.05. The van der Waals surface area contributed by atoms with E-state index in [0.717, 1.165) is 39.0 Å². The van der Waals surface area contributed by atoms with Gasteiger partial charge >= 0.3 is 0 Å². The first-order chi connectivity index (χ1) is 11.4. The van der Waals surface area contributed by atoms with Crippen molar-refractivity contribution in [3.05, 3.63) is 59.2 Å². The molecule has 0 radical (unpaired) electrons. The van der Waals surface area contributed by atoms with Crippen LogP contribution in [0.3, 0.4) is 0 Å². The van der Waals surface area contributed by atoms with Crippen LogP contribution in [0.15, 0.2) is 42.5 Å². The number of hydrogen-bond donors (Lipinski definition) is 2. The number of benzene rings is 2. The number of aliphatic hydroxyl groups is 1. The van der Waals surface area contributed by atoms with Gasteiger partial charge < -0.3 is 10.4 Å². The molecule has 2 N–H and O–H groups in total. The van der Waals surface area contributed by atoms with Crippen molar-refractivity contribution < 1.29 is 5.11 Å². The Bertz CT molecular complexity index is 698. The van der Waals surface area contributed by atoms with E-state index in [1.165, 1.54) is 27.8 Å². The third-order valence-corrected chi connectivity index (χ3v) is 5.20. The lowest BCUT2D eigenvalue weighted by Crippen LogP contribution is -2.45. The first-order valence-corrected chi connectivity index (χ1v) is 8.63. The van der Waals surface area contributed by atoms with Gasteiger partial charge in [-0.1, -0.05) is 42.5 Å². The predicted molar refractivity (Wildman–Crippen MR) is 101 cm³/mol. The minimum absolute atomic E-state index is 0. The Morgan fingerprint density at radius 1 is 1.00 bits per heavy atom. The van der Waals surface area contributed by atoms with Gasteiger partial charge in [0, 0.05) is 38.8 Å². The second-order valence-corrected chi connectivity index (χ2v) is 6.56. The SMILES string of the molecule is Cl.OCC[C@H](c1ccc2c(c1)Cc1ccccc1-2)N1CCNCC1. The highest BCUT2D eigenvalue weighted by atomic mass is 35.5. The van der Waals surface area contributed by atoms with Gasteiger partial charge in [0.2, 0.25) is 0 Å². The third kappa shape index (κ3) is 3.22. The molecule has 2 aromatic rings. The van der Waals surface area contributed by atoms with Crippen LogP contribution in [-0.4, -0.2) is 42.8 Å². The molecule has 1 fully saturated rings. The van der Waals surface area contributed by atoms with Gasteiger partial charge in [-0.25, -0.2) is 0 Å². The summed E-state index contributed by atoms with van der Waals surface area (Å²) in [5.74, 6) is 0. The van der Waals surface area contributed by atoms with Crippen LogP contribution in [0.2, 0.25) is 0 Å². The quantitative estimate of drug-likeness (QED) is 0.763. The van der Waals surface area contributed by atoms with Gasteiger partial charge in [0.25, 0.3) is 0 Å². The lowest BCUT2D eigenvalue weighted by atomic mass is 9.96. The predicted octanol–water partition coefficient (Wildman–Crippen LogP) is 3.01. The number of hydrogen-bond acceptors (Lipinski definition) is 3. The van der Waals surface area contributed by atoms with Gasteiger partial charge in [-0.05, 0) is 40.7 Å². The molecule has 0 aromatic heterocycles. The molecule has 24 heavy (non-hydrogen) atoms. The molecule has 0 amide bonds. The summed E-state index contributed by atoms with van der Waals surface area (Å²) in [5, 5.41) is 12.9. The van der Waals surface area contributed by atoms with E-state index >= 15 is 0 Å². The molecule has 1 aliphatic heterocycles. The Morgan fingerprint density at radius 2 is 1.75 bits per heavy atom. The molecule has 3 nitrogen and oxygen atoms in total. The van der Waals surface area contributed by atoms with E-state index < -0.39 is 0 Å². The van der Waals surface area contributed by atoms with E-state index in [0.29, 0.717) is 6.04 Å². The monoisotopic (exact) mass is 344 g/mol. The first kappa shape index (κ1) is 17.4. The van der Waals surface area contributed by atoms with E-state index in [2.05, 4.69) is 52.7 Å². The number of rotatable bonds is 4. The largest absolute Gasteiger partial charge is 0.396 e. The van der Waals surface area contributed by atoms with Crippen LogP contribution >= 0.6 is 12.4 Å². The summed E-state index contributed by atoms with van der Waals surface area (Å²) in [7, 11) is 0. The van der Waals surface area contributed by atoms with Crippen LogP contribution < -0.4 is 5.32 Å². The smallest absolute Gasteiger partial charge is 0.0449 e. The van der Waals surface area contributed by atoms with Crippen molar-refractivity contribution in [1.82, 2.24) is 10.2 Å². The summed E-state index contributed by atoms with van der Waals surface area (Å²) in [6.07, 6.45) is 1.85. The molecule has 128 valence electrons. The van der Waals surface area contributed by atoms with Crippen LogP contribution in [0.4, 0.5) is 0 Å². The van der Waals surface area contributed by atoms with E-state index in [9.17, 15) is 5.11 Å². The minimum atomic E-state index is 0. The lowest BCUT2D eigenvalue weighted by molar-refractivity contribution is 0.141. The molecule has 4 heteroatoms. The van der Waals surface area contributed by atoms with Crippen LogP contribution in [0, 0.1) is 0 Å². The van der Waals surface area contributed by atoms with Gasteiger partial charge in [0.15, 0.2) is 0 Å². The molecule has 0 saturated carbocycles. The number of fused-ring (bicyclic) bond motifs is 3. The standard InChI is InChI=1S/C20H24N2O.ClH/c23-12-7-20(22-10-8-21-9-11-22)16-5-6-19-17(14-16)13-15-3-1-2-4-18(15)19;/h1-6,14,20-21,23H,7-13H2;1H/t20-;/m1./s1. The van der Waals surface area contributed by atoms with E-state index in [1.807, 2.05) is 0 Å². The highest BCUT2D eigenvalue weighted by Crippen LogP contribution is 2.38. The fraction of sp³-hybridized carbons (Fsp3) is 0.400. The number of halogens is 1. The summed E-state index contributed by atoms with van der Waals surface area (Å²) in [6.45, 7) is 4.44. The molecule has 2 aromatic carbocycles. The van der Waals surface area contributed by atoms with Gasteiger partial charge in [0.1, 0.15) is 0 Å².